The number of nitrogens with one attached hydrogen (secondary N) is 1. The highest BCUT2D eigenvalue weighted by Crippen LogP contribution is 2.32. The van der Waals surface area contributed by atoms with Gasteiger partial charge in [0.1, 0.15) is 0 Å². The molecule has 0 spiro atoms. The largest absolute Gasteiger partial charge is 0.490 e. The highest BCUT2D eigenvalue weighted by atomic mass is 32.2. The Morgan fingerprint density at radius 2 is 2.04 bits per heavy atom. The van der Waals surface area contributed by atoms with Gasteiger partial charge in [0.2, 0.25) is 15.9 Å². The Hall–Kier alpha value is -2.17. The van der Waals surface area contributed by atoms with Crippen LogP contribution >= 0.6 is 11.3 Å². The molecule has 0 saturated heterocycles. The zero-order chi connectivity index (χ0) is 18.7. The van der Waals surface area contributed by atoms with Crippen LogP contribution in [0, 0.1) is 6.92 Å². The first-order chi connectivity index (χ1) is 12.4. The first-order valence-electron chi connectivity index (χ1n) is 7.94. The second kappa shape index (κ2) is 7.60. The van der Waals surface area contributed by atoms with E-state index in [9.17, 15) is 13.2 Å². The van der Waals surface area contributed by atoms with Crippen LogP contribution in [-0.2, 0) is 14.8 Å². The smallest absolute Gasteiger partial charge is 0.243 e. The molecule has 3 rings (SSSR count). The maximum atomic E-state index is 12.7. The molecule has 0 aliphatic carbocycles. The average Bonchev–Trinajstić information content (AvgIpc) is 2.86. The number of carbonyl (C=O) groups is 1. The average molecular weight is 397 g/mol. The zero-order valence-electron chi connectivity index (χ0n) is 14.4. The monoisotopic (exact) mass is 397 g/mol. The van der Waals surface area contributed by atoms with Gasteiger partial charge in [-0.2, -0.15) is 4.31 Å². The van der Waals surface area contributed by atoms with Gasteiger partial charge in [0.15, 0.2) is 16.6 Å². The quantitative estimate of drug-likeness (QED) is 0.827. The minimum absolute atomic E-state index is 0.0437. The highest BCUT2D eigenvalue weighted by molar-refractivity contribution is 7.89. The molecule has 140 valence electrons. The fraction of sp³-hybridized carbons (Fsp3) is 0.375. The lowest BCUT2D eigenvalue weighted by molar-refractivity contribution is -0.116. The second-order valence-electron chi connectivity index (χ2n) is 5.76. The van der Waals surface area contributed by atoms with Crippen LogP contribution in [0.1, 0.15) is 12.1 Å². The summed E-state index contributed by atoms with van der Waals surface area (Å²) in [4.78, 5) is 16.3. The summed E-state index contributed by atoms with van der Waals surface area (Å²) in [5.74, 6) is 0.445. The number of thiazole rings is 1. The number of ether oxygens (including phenoxy) is 2. The highest BCUT2D eigenvalue weighted by Gasteiger charge is 2.25. The third-order valence-electron chi connectivity index (χ3n) is 3.66. The van der Waals surface area contributed by atoms with Gasteiger partial charge in [0.05, 0.1) is 30.3 Å². The van der Waals surface area contributed by atoms with Gasteiger partial charge in [-0.3, -0.25) is 4.79 Å². The van der Waals surface area contributed by atoms with Crippen molar-refractivity contribution < 1.29 is 22.7 Å². The minimum atomic E-state index is -3.85. The first kappa shape index (κ1) is 18.6. The molecular formula is C16H19N3O5S2. The molecule has 0 radical (unpaired) electrons. The second-order valence-corrected chi connectivity index (χ2v) is 8.67. The van der Waals surface area contributed by atoms with E-state index in [1.807, 2.05) is 6.92 Å². The van der Waals surface area contributed by atoms with Crippen molar-refractivity contribution in [1.29, 1.82) is 0 Å². The molecule has 26 heavy (non-hydrogen) atoms. The van der Waals surface area contributed by atoms with Gasteiger partial charge in [-0.1, -0.05) is 0 Å². The molecule has 1 aromatic carbocycles. The van der Waals surface area contributed by atoms with E-state index in [1.54, 1.807) is 11.4 Å². The molecule has 1 aliphatic heterocycles. The maximum absolute atomic E-state index is 12.7. The van der Waals surface area contributed by atoms with Crippen molar-refractivity contribution >= 4 is 32.4 Å². The number of rotatable bonds is 5. The van der Waals surface area contributed by atoms with Gasteiger partial charge in [-0.15, -0.1) is 11.3 Å². The van der Waals surface area contributed by atoms with E-state index in [4.69, 9.17) is 9.47 Å². The number of likely N-dealkylation sites (N-methyl/N-ethyl adjacent to an activating group) is 1. The summed E-state index contributed by atoms with van der Waals surface area (Å²) in [6.45, 7) is 2.47. The number of aromatic nitrogens is 1. The third-order valence-corrected chi connectivity index (χ3v) is 6.33. The number of fused-ring (bicyclic) bond motifs is 1. The predicted molar refractivity (Wildman–Crippen MR) is 97.3 cm³/mol. The van der Waals surface area contributed by atoms with Crippen LogP contribution in [-0.4, -0.2) is 50.4 Å². The van der Waals surface area contributed by atoms with E-state index in [1.165, 1.54) is 30.5 Å². The first-order valence-corrected chi connectivity index (χ1v) is 10.3. The summed E-state index contributed by atoms with van der Waals surface area (Å²) in [6, 6.07) is 4.44. The fourth-order valence-electron chi connectivity index (χ4n) is 2.34. The molecule has 2 heterocycles. The third kappa shape index (κ3) is 4.14. The zero-order valence-corrected chi connectivity index (χ0v) is 16.0. The normalized spacial score (nSPS) is 14.1. The molecule has 0 fully saturated rings. The van der Waals surface area contributed by atoms with Crippen LogP contribution in [0.15, 0.2) is 28.5 Å². The molecule has 1 N–H and O–H groups in total. The summed E-state index contributed by atoms with van der Waals surface area (Å²) in [5, 5.41) is 4.83. The van der Waals surface area contributed by atoms with Crippen molar-refractivity contribution in [2.45, 2.75) is 18.2 Å². The number of sulfonamides is 1. The Kier molecular flexibility index (Phi) is 5.44. The van der Waals surface area contributed by atoms with Crippen molar-refractivity contribution in [1.82, 2.24) is 9.29 Å². The Morgan fingerprint density at radius 1 is 1.31 bits per heavy atom. The van der Waals surface area contributed by atoms with Crippen LogP contribution in [0.3, 0.4) is 0 Å². The molecule has 2 aromatic rings. The molecule has 1 amide bonds. The molecule has 0 bridgehead atoms. The van der Waals surface area contributed by atoms with E-state index >= 15 is 0 Å². The molecular weight excluding hydrogens is 378 g/mol. The Balaban J connectivity index is 1.72. The summed E-state index contributed by atoms with van der Waals surface area (Å²) in [5.41, 5.74) is 0.790. The van der Waals surface area contributed by atoms with Gasteiger partial charge in [0, 0.05) is 24.9 Å². The molecule has 0 saturated carbocycles. The van der Waals surface area contributed by atoms with E-state index in [0.29, 0.717) is 29.8 Å². The fourth-order valence-corrected chi connectivity index (χ4v) is 4.19. The predicted octanol–water partition coefficient (Wildman–Crippen LogP) is 1.87. The van der Waals surface area contributed by atoms with Crippen molar-refractivity contribution in [3.05, 3.63) is 29.3 Å². The molecule has 10 heteroatoms. The summed E-state index contributed by atoms with van der Waals surface area (Å²) in [7, 11) is -2.49. The van der Waals surface area contributed by atoms with E-state index in [0.717, 1.165) is 16.4 Å². The molecule has 0 unspecified atom stereocenters. The Bertz CT molecular complexity index is 910. The van der Waals surface area contributed by atoms with Crippen LogP contribution in [0.2, 0.25) is 0 Å². The lowest BCUT2D eigenvalue weighted by atomic mass is 10.3. The number of amides is 1. The lowest BCUT2D eigenvalue weighted by Crippen LogP contribution is -2.35. The van der Waals surface area contributed by atoms with Crippen LogP contribution in [0.5, 0.6) is 11.5 Å². The number of aryl methyl sites for hydroxylation is 1. The SMILES string of the molecule is Cc1csc(NC(=O)CN(C)S(=O)(=O)c2ccc3c(c2)OCCCO3)n1. The minimum Gasteiger partial charge on any atom is -0.490 e. The maximum Gasteiger partial charge on any atom is 0.243 e. The van der Waals surface area contributed by atoms with Crippen molar-refractivity contribution in [2.24, 2.45) is 0 Å². The standard InChI is InChI=1S/C16H19N3O5S2/c1-11-10-25-16(17-11)18-15(20)9-19(2)26(21,22)12-4-5-13-14(8-12)24-7-3-6-23-13/h4-5,8,10H,3,6-7,9H2,1-2H3,(H,17,18,20). The Morgan fingerprint density at radius 3 is 2.73 bits per heavy atom. The summed E-state index contributed by atoms with van der Waals surface area (Å²) < 4.78 is 37.5. The van der Waals surface area contributed by atoms with Crippen molar-refractivity contribution in [3.63, 3.8) is 0 Å². The number of benzene rings is 1. The summed E-state index contributed by atoms with van der Waals surface area (Å²) >= 11 is 1.28. The van der Waals surface area contributed by atoms with Crippen molar-refractivity contribution in [2.75, 3.05) is 32.1 Å². The number of anilines is 1. The number of nitrogens with zero attached hydrogens (tertiary/aromatic N) is 2. The Labute approximate surface area is 155 Å². The number of carbonyl (C=O) groups excluding carboxylic acids is 1. The van der Waals surface area contributed by atoms with Crippen LogP contribution < -0.4 is 14.8 Å². The van der Waals surface area contributed by atoms with Crippen LogP contribution in [0.4, 0.5) is 5.13 Å². The van der Waals surface area contributed by atoms with Crippen LogP contribution in [0.25, 0.3) is 0 Å². The number of hydrogen-bond acceptors (Lipinski definition) is 7. The van der Waals surface area contributed by atoms with Gasteiger partial charge < -0.3 is 14.8 Å². The van der Waals surface area contributed by atoms with Crippen molar-refractivity contribution in [3.8, 4) is 11.5 Å². The van der Waals surface area contributed by atoms with Gasteiger partial charge in [0.25, 0.3) is 0 Å². The number of hydrogen-bond donors (Lipinski definition) is 1. The van der Waals surface area contributed by atoms with Gasteiger partial charge >= 0.3 is 0 Å². The van der Waals surface area contributed by atoms with E-state index in [2.05, 4.69) is 10.3 Å². The molecule has 0 atom stereocenters. The molecule has 1 aromatic heterocycles. The topological polar surface area (TPSA) is 97.8 Å². The van der Waals surface area contributed by atoms with E-state index < -0.39 is 15.9 Å². The molecule has 1 aliphatic rings. The van der Waals surface area contributed by atoms with Gasteiger partial charge in [-0.25, -0.2) is 13.4 Å². The van der Waals surface area contributed by atoms with Gasteiger partial charge in [-0.05, 0) is 19.1 Å². The summed E-state index contributed by atoms with van der Waals surface area (Å²) in [6.07, 6.45) is 0.729. The lowest BCUT2D eigenvalue weighted by Gasteiger charge is -2.17. The van der Waals surface area contributed by atoms with E-state index in [-0.39, 0.29) is 11.4 Å². The molecule has 8 nitrogen and oxygen atoms in total.